The van der Waals surface area contributed by atoms with Gasteiger partial charge in [0.1, 0.15) is 0 Å². The monoisotopic (exact) mass is 395 g/mol. The Balaban J connectivity index is 1.97. The molecule has 150 valence electrons. The van der Waals surface area contributed by atoms with Crippen LogP contribution in [0.1, 0.15) is 33.1 Å². The van der Waals surface area contributed by atoms with Crippen LogP contribution in [0.15, 0.2) is 36.4 Å². The van der Waals surface area contributed by atoms with E-state index in [0.717, 1.165) is 17.7 Å². The molecule has 0 saturated heterocycles. The number of halogens is 3. The lowest BCUT2D eigenvalue weighted by atomic mass is 9.91. The second kappa shape index (κ2) is 7.71. The van der Waals surface area contributed by atoms with Gasteiger partial charge in [-0.1, -0.05) is 6.07 Å². The molecular weight excluding hydrogens is 375 g/mol. The number of fused-ring (bicyclic) bond motifs is 1. The van der Waals surface area contributed by atoms with E-state index in [1.807, 2.05) is 0 Å². The lowest BCUT2D eigenvalue weighted by Crippen LogP contribution is -2.41. The summed E-state index contributed by atoms with van der Waals surface area (Å²) in [5, 5.41) is 9.93. The van der Waals surface area contributed by atoms with Crippen LogP contribution in [0.5, 0.6) is 11.5 Å². The number of nitrogens with zero attached hydrogens (tertiary/aromatic N) is 1. The minimum absolute atomic E-state index is 0.0720. The van der Waals surface area contributed by atoms with Crippen molar-refractivity contribution in [2.24, 2.45) is 0 Å². The van der Waals surface area contributed by atoms with E-state index in [9.17, 15) is 23.1 Å². The van der Waals surface area contributed by atoms with Gasteiger partial charge >= 0.3 is 6.18 Å². The van der Waals surface area contributed by atoms with Crippen LogP contribution in [0, 0.1) is 0 Å². The lowest BCUT2D eigenvalue weighted by Gasteiger charge is -2.37. The number of hydrogen-bond donors (Lipinski definition) is 1. The maximum absolute atomic E-state index is 13.0. The van der Waals surface area contributed by atoms with E-state index in [0.29, 0.717) is 23.5 Å². The van der Waals surface area contributed by atoms with Gasteiger partial charge in [0, 0.05) is 12.1 Å². The molecule has 1 heterocycles. The van der Waals surface area contributed by atoms with Crippen LogP contribution >= 0.6 is 0 Å². The van der Waals surface area contributed by atoms with Crippen LogP contribution < -0.4 is 9.47 Å². The molecular formula is C20H20F3NO4. The fourth-order valence-corrected chi connectivity index (χ4v) is 3.46. The Bertz CT molecular complexity index is 882. The second-order valence-electron chi connectivity index (χ2n) is 6.43. The number of ether oxygens (including phenoxy) is 2. The Morgan fingerprint density at radius 3 is 2.46 bits per heavy atom. The third-order valence-electron chi connectivity index (χ3n) is 4.87. The first-order valence-corrected chi connectivity index (χ1v) is 8.64. The maximum atomic E-state index is 13.0. The minimum Gasteiger partial charge on any atom is -0.493 e. The molecule has 2 aromatic carbocycles. The number of amides is 1. The van der Waals surface area contributed by atoms with Crippen molar-refractivity contribution in [1.82, 2.24) is 4.90 Å². The van der Waals surface area contributed by atoms with Gasteiger partial charge in [-0.15, -0.1) is 0 Å². The first-order chi connectivity index (χ1) is 13.3. The lowest BCUT2D eigenvalue weighted by molar-refractivity contribution is -0.137. The average Bonchev–Trinajstić information content (AvgIpc) is 2.70. The predicted molar refractivity (Wildman–Crippen MR) is 95.6 cm³/mol. The Labute approximate surface area is 160 Å². The number of benzene rings is 2. The van der Waals surface area contributed by atoms with Gasteiger partial charge in [-0.2, -0.15) is 13.2 Å². The quantitative estimate of drug-likeness (QED) is 0.862. The first-order valence-electron chi connectivity index (χ1n) is 8.64. The molecule has 5 nitrogen and oxygen atoms in total. The first kappa shape index (κ1) is 20.0. The van der Waals surface area contributed by atoms with Crippen molar-refractivity contribution in [1.29, 1.82) is 0 Å². The van der Waals surface area contributed by atoms with E-state index in [4.69, 9.17) is 9.47 Å². The van der Waals surface area contributed by atoms with E-state index >= 15 is 0 Å². The molecule has 1 amide bonds. The van der Waals surface area contributed by atoms with Crippen LogP contribution in [-0.2, 0) is 12.6 Å². The van der Waals surface area contributed by atoms with Gasteiger partial charge in [-0.3, -0.25) is 4.79 Å². The van der Waals surface area contributed by atoms with Crippen LogP contribution in [0.25, 0.3) is 0 Å². The Morgan fingerprint density at radius 1 is 1.18 bits per heavy atom. The molecule has 2 aromatic rings. The Kier molecular flexibility index (Phi) is 5.51. The summed E-state index contributed by atoms with van der Waals surface area (Å²) in [6.45, 7) is -0.101. The van der Waals surface area contributed by atoms with Crippen LogP contribution in [0.3, 0.4) is 0 Å². The number of carbonyl (C=O) groups is 1. The average molecular weight is 395 g/mol. The van der Waals surface area contributed by atoms with E-state index in [1.54, 1.807) is 12.1 Å². The van der Waals surface area contributed by atoms with Crippen molar-refractivity contribution >= 4 is 5.91 Å². The number of rotatable bonds is 4. The number of hydrogen-bond acceptors (Lipinski definition) is 4. The van der Waals surface area contributed by atoms with Gasteiger partial charge in [0.2, 0.25) is 0 Å². The zero-order valence-corrected chi connectivity index (χ0v) is 15.4. The fraction of sp³-hybridized carbons (Fsp3) is 0.350. The summed E-state index contributed by atoms with van der Waals surface area (Å²) in [6, 6.07) is 7.10. The van der Waals surface area contributed by atoms with Crippen LogP contribution in [-0.4, -0.2) is 43.3 Å². The molecule has 1 aliphatic heterocycles. The fourth-order valence-electron chi connectivity index (χ4n) is 3.46. The smallest absolute Gasteiger partial charge is 0.416 e. The number of aliphatic hydroxyl groups excluding tert-OH is 1. The zero-order chi connectivity index (χ0) is 20.5. The molecule has 0 saturated carbocycles. The van der Waals surface area contributed by atoms with E-state index < -0.39 is 23.7 Å². The second-order valence-corrected chi connectivity index (χ2v) is 6.43. The van der Waals surface area contributed by atoms with Gasteiger partial charge in [0.15, 0.2) is 11.5 Å². The summed E-state index contributed by atoms with van der Waals surface area (Å²) < 4.78 is 49.5. The molecule has 8 heteroatoms. The third-order valence-corrected chi connectivity index (χ3v) is 4.87. The summed E-state index contributed by atoms with van der Waals surface area (Å²) >= 11 is 0. The van der Waals surface area contributed by atoms with E-state index in [1.165, 1.54) is 31.3 Å². The molecule has 3 rings (SSSR count). The molecule has 1 N–H and O–H groups in total. The van der Waals surface area contributed by atoms with Gasteiger partial charge < -0.3 is 19.5 Å². The van der Waals surface area contributed by atoms with Crippen LogP contribution in [0.4, 0.5) is 13.2 Å². The summed E-state index contributed by atoms with van der Waals surface area (Å²) in [5.41, 5.74) is 0.622. The Hall–Kier alpha value is -2.74. The maximum Gasteiger partial charge on any atom is 0.416 e. The van der Waals surface area contributed by atoms with Gasteiger partial charge in [0.05, 0.1) is 32.4 Å². The van der Waals surface area contributed by atoms with Crippen molar-refractivity contribution < 1.29 is 32.5 Å². The topological polar surface area (TPSA) is 59.0 Å². The molecule has 0 aromatic heterocycles. The van der Waals surface area contributed by atoms with E-state index in [2.05, 4.69) is 0 Å². The number of methoxy groups -OCH3 is 2. The molecule has 0 fully saturated rings. The normalized spacial score (nSPS) is 16.5. The number of carbonyl (C=O) groups excluding carboxylic acids is 1. The molecule has 0 radical (unpaired) electrons. The van der Waals surface area contributed by atoms with Crippen molar-refractivity contribution in [3.05, 3.63) is 58.7 Å². The molecule has 28 heavy (non-hydrogen) atoms. The third kappa shape index (κ3) is 3.64. The minimum atomic E-state index is -4.54. The van der Waals surface area contributed by atoms with Gasteiger partial charge in [0.25, 0.3) is 5.91 Å². The summed E-state index contributed by atoms with van der Waals surface area (Å²) in [5.74, 6) is 0.425. The van der Waals surface area contributed by atoms with Crippen LogP contribution in [0.2, 0.25) is 0 Å². The molecule has 0 bridgehead atoms. The highest BCUT2D eigenvalue weighted by Crippen LogP contribution is 2.38. The van der Waals surface area contributed by atoms with Gasteiger partial charge in [-0.25, -0.2) is 0 Å². The molecule has 0 spiro atoms. The molecule has 1 atom stereocenters. The highest BCUT2D eigenvalue weighted by Gasteiger charge is 2.34. The highest BCUT2D eigenvalue weighted by atomic mass is 19.4. The Morgan fingerprint density at radius 2 is 1.86 bits per heavy atom. The largest absolute Gasteiger partial charge is 0.493 e. The molecule has 1 aliphatic rings. The number of aliphatic hydroxyl groups is 1. The predicted octanol–water partition coefficient (Wildman–Crippen LogP) is 3.45. The summed E-state index contributed by atoms with van der Waals surface area (Å²) in [7, 11) is 2.99. The molecule has 1 unspecified atom stereocenters. The summed E-state index contributed by atoms with van der Waals surface area (Å²) in [4.78, 5) is 14.3. The zero-order valence-electron chi connectivity index (χ0n) is 15.4. The number of alkyl halides is 3. The highest BCUT2D eigenvalue weighted by molar-refractivity contribution is 5.95. The van der Waals surface area contributed by atoms with Crippen molar-refractivity contribution in [2.75, 3.05) is 27.4 Å². The van der Waals surface area contributed by atoms with Gasteiger partial charge in [-0.05, 0) is 47.9 Å². The molecule has 0 aliphatic carbocycles. The standard InChI is InChI=1S/C20H20F3NO4/c1-27-17-9-12-6-7-24(16(11-25)15(12)10-18(17)28-2)19(26)13-4-3-5-14(8-13)20(21,22)23/h3-5,8-10,16,25H,6-7,11H2,1-2H3. The SMILES string of the molecule is COc1cc2c(cc1OC)C(CO)N(C(=O)c1cccc(C(F)(F)F)c1)CC2. The van der Waals surface area contributed by atoms with Crippen molar-refractivity contribution in [3.63, 3.8) is 0 Å². The van der Waals surface area contributed by atoms with Crippen molar-refractivity contribution in [2.45, 2.75) is 18.6 Å². The van der Waals surface area contributed by atoms with E-state index in [-0.39, 0.29) is 18.7 Å². The van der Waals surface area contributed by atoms with Crippen molar-refractivity contribution in [3.8, 4) is 11.5 Å². The summed E-state index contributed by atoms with van der Waals surface area (Å²) in [6.07, 6.45) is -4.05.